The molecule has 1 atom stereocenters. The molecule has 6 nitrogen and oxygen atoms in total. The Morgan fingerprint density at radius 2 is 2.10 bits per heavy atom. The molecule has 1 saturated carbocycles. The Hall–Kier alpha value is -3.47. The molecule has 158 valence electrons. The minimum Gasteiger partial charge on any atom is -0.486 e. The molecule has 2 aliphatic rings. The number of anilines is 1. The number of terminal acetylenes is 1. The molecule has 0 bridgehead atoms. The first-order valence-electron chi connectivity index (χ1n) is 10.0. The van der Waals surface area contributed by atoms with E-state index in [1.54, 1.807) is 23.8 Å². The van der Waals surface area contributed by atoms with Gasteiger partial charge in [-0.3, -0.25) is 4.79 Å². The van der Waals surface area contributed by atoms with E-state index in [1.165, 1.54) is 18.2 Å². The summed E-state index contributed by atoms with van der Waals surface area (Å²) in [6.07, 6.45) is 9.36. The van der Waals surface area contributed by atoms with Gasteiger partial charge in [-0.25, -0.2) is 9.97 Å². The average molecular weight is 422 g/mol. The van der Waals surface area contributed by atoms with Crippen LogP contribution in [0.4, 0.5) is 14.6 Å². The number of nitrogens with one attached hydrogen (secondary N) is 1. The van der Waals surface area contributed by atoms with E-state index in [4.69, 9.17) is 11.2 Å². The second-order valence-electron chi connectivity index (χ2n) is 8.36. The van der Waals surface area contributed by atoms with Gasteiger partial charge in [-0.15, -0.1) is 6.42 Å². The maximum atomic E-state index is 14.1. The lowest BCUT2D eigenvalue weighted by atomic mass is 10.0. The highest BCUT2D eigenvalue weighted by Gasteiger charge is 2.43. The summed E-state index contributed by atoms with van der Waals surface area (Å²) in [4.78, 5) is 21.5. The SMILES string of the molecule is C#C[C@@H](Nc1nc(C)nc2cc(=O)n(C3(C)CC3)cc12)c1cccc2c1OCC2(F)F. The number of pyridine rings is 1. The van der Waals surface area contributed by atoms with Crippen molar-refractivity contribution in [3.8, 4) is 18.1 Å². The molecule has 1 N–H and O–H groups in total. The summed E-state index contributed by atoms with van der Waals surface area (Å²) >= 11 is 0. The van der Waals surface area contributed by atoms with Crippen molar-refractivity contribution in [2.24, 2.45) is 0 Å². The number of hydrogen-bond donors (Lipinski definition) is 1. The number of fused-ring (bicyclic) bond motifs is 2. The third-order valence-corrected chi connectivity index (χ3v) is 5.99. The molecular weight excluding hydrogens is 402 g/mol. The predicted octanol–water partition coefficient (Wildman–Crippen LogP) is 3.88. The van der Waals surface area contributed by atoms with E-state index in [9.17, 15) is 13.6 Å². The summed E-state index contributed by atoms with van der Waals surface area (Å²) in [6.45, 7) is 3.03. The van der Waals surface area contributed by atoms with Crippen LogP contribution in [0.2, 0.25) is 0 Å². The summed E-state index contributed by atoms with van der Waals surface area (Å²) in [5.41, 5.74) is 0.424. The monoisotopic (exact) mass is 422 g/mol. The highest BCUT2D eigenvalue weighted by atomic mass is 19.3. The largest absolute Gasteiger partial charge is 0.486 e. The van der Waals surface area contributed by atoms with Crippen LogP contribution in [0.5, 0.6) is 5.75 Å². The van der Waals surface area contributed by atoms with Crippen molar-refractivity contribution < 1.29 is 13.5 Å². The Labute approximate surface area is 177 Å². The molecule has 1 aliphatic heterocycles. The van der Waals surface area contributed by atoms with Crippen LogP contribution in [0.1, 0.15) is 42.8 Å². The normalized spacial score (nSPS) is 18.7. The molecule has 3 aromatic rings. The number of benzene rings is 1. The van der Waals surface area contributed by atoms with Gasteiger partial charge < -0.3 is 14.6 Å². The van der Waals surface area contributed by atoms with Crippen LogP contribution in [0, 0.1) is 19.3 Å². The molecule has 0 unspecified atom stereocenters. The average Bonchev–Trinajstić information content (AvgIpc) is 3.39. The lowest BCUT2D eigenvalue weighted by Gasteiger charge is -2.19. The maximum absolute atomic E-state index is 14.1. The van der Waals surface area contributed by atoms with Crippen molar-refractivity contribution in [1.29, 1.82) is 0 Å². The van der Waals surface area contributed by atoms with Crippen LogP contribution in [-0.4, -0.2) is 21.1 Å². The lowest BCUT2D eigenvalue weighted by molar-refractivity contribution is -0.0214. The van der Waals surface area contributed by atoms with Gasteiger partial charge in [-0.05, 0) is 32.8 Å². The fourth-order valence-electron chi connectivity index (χ4n) is 3.99. The van der Waals surface area contributed by atoms with Gasteiger partial charge in [0.25, 0.3) is 5.56 Å². The molecule has 31 heavy (non-hydrogen) atoms. The van der Waals surface area contributed by atoms with Crippen LogP contribution in [0.3, 0.4) is 0 Å². The first kappa shape index (κ1) is 19.5. The quantitative estimate of drug-likeness (QED) is 0.647. The number of hydrogen-bond acceptors (Lipinski definition) is 5. The van der Waals surface area contributed by atoms with Gasteiger partial charge in [0.1, 0.15) is 23.4 Å². The highest BCUT2D eigenvalue weighted by Crippen LogP contribution is 2.45. The lowest BCUT2D eigenvalue weighted by Crippen LogP contribution is -2.27. The van der Waals surface area contributed by atoms with Crippen LogP contribution in [0.25, 0.3) is 10.9 Å². The minimum atomic E-state index is -3.06. The van der Waals surface area contributed by atoms with Crippen LogP contribution >= 0.6 is 0 Å². The van der Waals surface area contributed by atoms with Crippen molar-refractivity contribution in [2.45, 2.75) is 44.2 Å². The summed E-state index contributed by atoms with van der Waals surface area (Å²) < 4.78 is 35.2. The van der Waals surface area contributed by atoms with E-state index in [0.717, 1.165) is 12.8 Å². The second-order valence-corrected chi connectivity index (χ2v) is 8.36. The fourth-order valence-corrected chi connectivity index (χ4v) is 3.99. The molecule has 1 aromatic carbocycles. The number of nitrogens with zero attached hydrogens (tertiary/aromatic N) is 3. The third-order valence-electron chi connectivity index (χ3n) is 5.99. The van der Waals surface area contributed by atoms with Gasteiger partial charge >= 0.3 is 5.92 Å². The van der Waals surface area contributed by atoms with Crippen molar-refractivity contribution in [3.05, 3.63) is 57.8 Å². The highest BCUT2D eigenvalue weighted by molar-refractivity contribution is 5.88. The Morgan fingerprint density at radius 3 is 2.81 bits per heavy atom. The molecule has 1 aliphatic carbocycles. The summed E-state index contributed by atoms with van der Waals surface area (Å²) in [5.74, 6) is 0.548. The van der Waals surface area contributed by atoms with Crippen molar-refractivity contribution in [3.63, 3.8) is 0 Å². The third kappa shape index (κ3) is 3.12. The standard InChI is InChI=1S/C23H20F2N4O2/c1-4-17(14-6-5-7-16-20(14)31-12-23(16,24)25)28-21-15-11-29(22(3)8-9-22)19(30)10-18(15)26-13(2)27-21/h1,5-7,10-11,17H,8-9,12H2,2-3H3,(H,26,27,28)/t17-/m1/s1. The van der Waals surface area contributed by atoms with E-state index < -0.39 is 18.6 Å². The summed E-state index contributed by atoms with van der Waals surface area (Å²) in [7, 11) is 0. The van der Waals surface area contributed by atoms with E-state index in [1.807, 2.05) is 6.92 Å². The molecule has 0 spiro atoms. The minimum absolute atomic E-state index is 0.0976. The van der Waals surface area contributed by atoms with Gasteiger partial charge in [0.05, 0.1) is 16.5 Å². The Kier molecular flexibility index (Phi) is 4.09. The summed E-state index contributed by atoms with van der Waals surface area (Å²) in [5, 5.41) is 3.81. The Balaban J connectivity index is 1.61. The topological polar surface area (TPSA) is 69.0 Å². The maximum Gasteiger partial charge on any atom is 0.310 e. The smallest absolute Gasteiger partial charge is 0.310 e. The van der Waals surface area contributed by atoms with E-state index >= 15 is 0 Å². The molecule has 5 rings (SSSR count). The molecule has 0 radical (unpaired) electrons. The zero-order valence-electron chi connectivity index (χ0n) is 17.1. The molecule has 1 fully saturated rings. The number of para-hydroxylation sites is 1. The molecular formula is C23H20F2N4O2. The van der Waals surface area contributed by atoms with Gasteiger partial charge in [-0.1, -0.05) is 18.1 Å². The zero-order valence-corrected chi connectivity index (χ0v) is 17.1. The Bertz CT molecular complexity index is 1320. The van der Waals surface area contributed by atoms with Crippen molar-refractivity contribution in [1.82, 2.24) is 14.5 Å². The van der Waals surface area contributed by atoms with E-state index in [0.29, 0.717) is 28.1 Å². The number of alkyl halides is 2. The van der Waals surface area contributed by atoms with Crippen LogP contribution < -0.4 is 15.6 Å². The van der Waals surface area contributed by atoms with Gasteiger partial charge in [0.2, 0.25) is 0 Å². The first-order valence-corrected chi connectivity index (χ1v) is 10.0. The van der Waals surface area contributed by atoms with Crippen molar-refractivity contribution >= 4 is 16.7 Å². The number of halogens is 2. The van der Waals surface area contributed by atoms with E-state index in [2.05, 4.69) is 21.2 Å². The van der Waals surface area contributed by atoms with Crippen molar-refractivity contribution in [2.75, 3.05) is 11.9 Å². The molecule has 3 heterocycles. The fraction of sp³-hybridized carbons (Fsp3) is 0.348. The number of ether oxygens (including phenoxy) is 1. The Morgan fingerprint density at radius 1 is 1.32 bits per heavy atom. The first-order chi connectivity index (χ1) is 14.7. The predicted molar refractivity (Wildman–Crippen MR) is 112 cm³/mol. The number of aromatic nitrogens is 3. The number of aryl methyl sites for hydroxylation is 1. The van der Waals surface area contributed by atoms with Gasteiger partial charge in [0, 0.05) is 23.4 Å². The van der Waals surface area contributed by atoms with Crippen LogP contribution in [0.15, 0.2) is 35.3 Å². The second kappa shape index (κ2) is 6.51. The molecule has 0 amide bonds. The van der Waals surface area contributed by atoms with Gasteiger partial charge in [0.15, 0.2) is 6.61 Å². The van der Waals surface area contributed by atoms with Crippen LogP contribution in [-0.2, 0) is 11.5 Å². The number of rotatable bonds is 4. The molecule has 8 heteroatoms. The zero-order chi connectivity index (χ0) is 22.0. The van der Waals surface area contributed by atoms with E-state index in [-0.39, 0.29) is 22.4 Å². The molecule has 0 saturated heterocycles. The van der Waals surface area contributed by atoms with Gasteiger partial charge in [-0.2, -0.15) is 8.78 Å². The summed E-state index contributed by atoms with van der Waals surface area (Å²) in [6, 6.07) is 5.28. The molecule has 2 aromatic heterocycles.